The van der Waals surface area contributed by atoms with E-state index >= 15 is 0 Å². The van der Waals surface area contributed by atoms with Crippen LogP contribution >= 0.6 is 27.7 Å². The van der Waals surface area contributed by atoms with E-state index < -0.39 is 0 Å². The van der Waals surface area contributed by atoms with E-state index in [4.69, 9.17) is 4.74 Å². The fraction of sp³-hybridized carbons (Fsp3) is 0.200. The maximum absolute atomic E-state index is 12.9. The third kappa shape index (κ3) is 5.00. The highest BCUT2D eigenvalue weighted by atomic mass is 79.9. The van der Waals surface area contributed by atoms with Crippen LogP contribution in [0, 0.1) is 13.8 Å². The van der Waals surface area contributed by atoms with Crippen molar-refractivity contribution in [3.63, 3.8) is 0 Å². The Bertz CT molecular complexity index is 1170. The molecule has 0 bridgehead atoms. The molecule has 0 unspecified atom stereocenters. The van der Waals surface area contributed by atoms with Gasteiger partial charge < -0.3 is 9.30 Å². The van der Waals surface area contributed by atoms with Gasteiger partial charge in [-0.2, -0.15) is 0 Å². The van der Waals surface area contributed by atoms with Gasteiger partial charge in [0.15, 0.2) is 0 Å². The molecule has 1 aliphatic heterocycles. The highest BCUT2D eigenvalue weighted by Crippen LogP contribution is 2.34. The van der Waals surface area contributed by atoms with Gasteiger partial charge in [0.25, 0.3) is 11.1 Å². The van der Waals surface area contributed by atoms with Crippen LogP contribution in [0.15, 0.2) is 70.0 Å². The minimum atomic E-state index is -0.250. The molecular formula is C25H23BrN2O3S. The zero-order valence-electron chi connectivity index (χ0n) is 17.9. The van der Waals surface area contributed by atoms with Gasteiger partial charge in [-0.25, -0.2) is 0 Å². The van der Waals surface area contributed by atoms with Crippen LogP contribution in [-0.2, 0) is 17.9 Å². The first-order valence-electron chi connectivity index (χ1n) is 10.3. The molecule has 0 saturated carbocycles. The molecule has 0 N–H and O–H groups in total. The molecule has 2 heterocycles. The highest BCUT2D eigenvalue weighted by molar-refractivity contribution is 9.10. The van der Waals surface area contributed by atoms with Crippen molar-refractivity contribution in [3.8, 4) is 5.75 Å². The van der Waals surface area contributed by atoms with E-state index in [1.807, 2.05) is 80.6 Å². The van der Waals surface area contributed by atoms with Crippen LogP contribution in [0.25, 0.3) is 6.08 Å². The molecule has 0 atom stereocenters. The summed E-state index contributed by atoms with van der Waals surface area (Å²) in [6, 6.07) is 19.4. The van der Waals surface area contributed by atoms with Crippen LogP contribution in [0.3, 0.4) is 0 Å². The number of rotatable bonds is 7. The first-order chi connectivity index (χ1) is 15.4. The Morgan fingerprint density at radius 3 is 2.47 bits per heavy atom. The smallest absolute Gasteiger partial charge is 0.293 e. The fourth-order valence-corrected chi connectivity index (χ4v) is 4.73. The summed E-state index contributed by atoms with van der Waals surface area (Å²) in [6.07, 6.45) is 1.82. The van der Waals surface area contributed by atoms with E-state index in [1.54, 1.807) is 0 Å². The number of thioether (sulfide) groups is 1. The van der Waals surface area contributed by atoms with E-state index in [9.17, 15) is 9.59 Å². The lowest BCUT2D eigenvalue weighted by Crippen LogP contribution is -2.27. The second kappa shape index (κ2) is 9.79. The molecule has 5 nitrogen and oxygen atoms in total. The minimum absolute atomic E-state index is 0.241. The van der Waals surface area contributed by atoms with Crippen LogP contribution in [0.1, 0.15) is 22.5 Å². The first-order valence-corrected chi connectivity index (χ1v) is 11.9. The molecule has 2 amide bonds. The summed E-state index contributed by atoms with van der Waals surface area (Å²) >= 11 is 4.39. The zero-order valence-corrected chi connectivity index (χ0v) is 20.3. The number of carbonyl (C=O) groups excluding carboxylic acids is 2. The average Bonchev–Trinajstić information content (AvgIpc) is 3.20. The maximum Gasteiger partial charge on any atom is 0.293 e. The lowest BCUT2D eigenvalue weighted by Gasteiger charge is -2.12. The molecule has 4 rings (SSSR count). The number of amides is 2. The lowest BCUT2D eigenvalue weighted by atomic mass is 10.2. The maximum atomic E-state index is 12.9. The van der Waals surface area contributed by atoms with Gasteiger partial charge in [-0.05, 0) is 73.1 Å². The first kappa shape index (κ1) is 22.4. The number of para-hydroxylation sites is 1. The summed E-state index contributed by atoms with van der Waals surface area (Å²) < 4.78 is 8.95. The SMILES string of the molecule is Cc1cc(/C=C2\SC(=O)N(Cc3ccc(Br)cc3)C2=O)c(C)n1CCOc1ccccc1. The Kier molecular flexibility index (Phi) is 6.86. The monoisotopic (exact) mass is 510 g/mol. The zero-order chi connectivity index (χ0) is 22.7. The largest absolute Gasteiger partial charge is 0.492 e. The molecule has 2 aromatic carbocycles. The molecule has 0 radical (unpaired) electrons. The average molecular weight is 511 g/mol. The van der Waals surface area contributed by atoms with Crippen LogP contribution in [0.2, 0.25) is 0 Å². The molecule has 1 aliphatic rings. The summed E-state index contributed by atoms with van der Waals surface area (Å²) in [5, 5.41) is -0.241. The number of nitrogens with zero attached hydrogens (tertiary/aromatic N) is 2. The van der Waals surface area contributed by atoms with Gasteiger partial charge in [-0.15, -0.1) is 0 Å². The molecule has 32 heavy (non-hydrogen) atoms. The third-order valence-corrected chi connectivity index (χ3v) is 6.79. The Morgan fingerprint density at radius 1 is 1.03 bits per heavy atom. The van der Waals surface area contributed by atoms with E-state index in [1.165, 1.54) is 4.90 Å². The van der Waals surface area contributed by atoms with E-state index in [0.717, 1.165) is 44.5 Å². The van der Waals surface area contributed by atoms with Gasteiger partial charge >= 0.3 is 0 Å². The van der Waals surface area contributed by atoms with Crippen molar-refractivity contribution in [2.24, 2.45) is 0 Å². The quantitative estimate of drug-likeness (QED) is 0.356. The van der Waals surface area contributed by atoms with Gasteiger partial charge in [0.1, 0.15) is 12.4 Å². The van der Waals surface area contributed by atoms with Gasteiger partial charge in [0, 0.05) is 15.9 Å². The molecule has 3 aromatic rings. The van der Waals surface area contributed by atoms with Crippen molar-refractivity contribution in [2.45, 2.75) is 26.9 Å². The van der Waals surface area contributed by atoms with Gasteiger partial charge in [-0.3, -0.25) is 14.5 Å². The Morgan fingerprint density at radius 2 is 1.75 bits per heavy atom. The Labute approximate surface area is 200 Å². The molecule has 1 aromatic heterocycles. The lowest BCUT2D eigenvalue weighted by molar-refractivity contribution is -0.123. The number of hydrogen-bond acceptors (Lipinski definition) is 4. The van der Waals surface area contributed by atoms with Crippen molar-refractivity contribution >= 4 is 44.9 Å². The number of benzene rings is 2. The van der Waals surface area contributed by atoms with Gasteiger partial charge in [-0.1, -0.05) is 46.3 Å². The van der Waals surface area contributed by atoms with Crippen molar-refractivity contribution < 1.29 is 14.3 Å². The van der Waals surface area contributed by atoms with Crippen LogP contribution in [0.5, 0.6) is 5.75 Å². The second-order valence-electron chi connectivity index (χ2n) is 7.53. The molecule has 1 saturated heterocycles. The van der Waals surface area contributed by atoms with Gasteiger partial charge in [0.2, 0.25) is 0 Å². The van der Waals surface area contributed by atoms with Crippen molar-refractivity contribution in [2.75, 3.05) is 6.61 Å². The van der Waals surface area contributed by atoms with Crippen molar-refractivity contribution in [1.29, 1.82) is 0 Å². The molecular weight excluding hydrogens is 488 g/mol. The predicted octanol–water partition coefficient (Wildman–Crippen LogP) is 6.18. The number of carbonyl (C=O) groups is 2. The molecule has 0 aliphatic carbocycles. The fourth-order valence-electron chi connectivity index (χ4n) is 3.64. The standard InChI is InChI=1S/C25H23BrN2O3S/c1-17-14-20(18(2)27(17)12-13-31-22-6-4-3-5-7-22)15-23-24(29)28(25(30)32-23)16-19-8-10-21(26)11-9-19/h3-11,14-15H,12-13,16H2,1-2H3/b23-15-. The summed E-state index contributed by atoms with van der Waals surface area (Å²) in [6.45, 7) is 5.57. The number of halogens is 1. The van der Waals surface area contributed by atoms with E-state index in [-0.39, 0.29) is 17.7 Å². The Balaban J connectivity index is 1.46. The van der Waals surface area contributed by atoms with Crippen molar-refractivity contribution in [1.82, 2.24) is 9.47 Å². The molecule has 0 spiro atoms. The van der Waals surface area contributed by atoms with E-state index in [0.29, 0.717) is 18.1 Å². The third-order valence-electron chi connectivity index (χ3n) is 5.35. The molecule has 164 valence electrons. The second-order valence-corrected chi connectivity index (χ2v) is 9.44. The highest BCUT2D eigenvalue weighted by Gasteiger charge is 2.35. The topological polar surface area (TPSA) is 51.5 Å². The number of hydrogen-bond donors (Lipinski definition) is 0. The molecule has 1 fully saturated rings. The number of aromatic nitrogens is 1. The summed E-state index contributed by atoms with van der Waals surface area (Å²) in [7, 11) is 0. The summed E-state index contributed by atoms with van der Waals surface area (Å²) in [4.78, 5) is 27.1. The van der Waals surface area contributed by atoms with Crippen LogP contribution < -0.4 is 4.74 Å². The normalized spacial score (nSPS) is 15.1. The summed E-state index contributed by atoms with van der Waals surface area (Å²) in [5.74, 6) is 0.592. The number of aryl methyl sites for hydroxylation is 1. The Hall–Kier alpha value is -2.77. The minimum Gasteiger partial charge on any atom is -0.492 e. The van der Waals surface area contributed by atoms with Gasteiger partial charge in [0.05, 0.1) is 18.0 Å². The predicted molar refractivity (Wildman–Crippen MR) is 131 cm³/mol. The molecule has 7 heteroatoms. The number of imide groups is 1. The summed E-state index contributed by atoms with van der Waals surface area (Å²) in [5.41, 5.74) is 3.98. The van der Waals surface area contributed by atoms with Crippen LogP contribution in [-0.4, -0.2) is 27.2 Å². The van der Waals surface area contributed by atoms with Crippen molar-refractivity contribution in [3.05, 3.63) is 92.6 Å². The number of ether oxygens (including phenoxy) is 1. The van der Waals surface area contributed by atoms with E-state index in [2.05, 4.69) is 20.5 Å². The van der Waals surface area contributed by atoms with Crippen LogP contribution in [0.4, 0.5) is 4.79 Å².